The first-order valence-electron chi connectivity index (χ1n) is 8.35. The van der Waals surface area contributed by atoms with Crippen LogP contribution in [0.3, 0.4) is 0 Å². The molecule has 130 valence electrons. The molecule has 0 bridgehead atoms. The lowest BCUT2D eigenvalue weighted by Crippen LogP contribution is -2.35. The Morgan fingerprint density at radius 3 is 2.44 bits per heavy atom. The van der Waals surface area contributed by atoms with Gasteiger partial charge in [-0.2, -0.15) is 5.10 Å². The number of benzene rings is 1. The summed E-state index contributed by atoms with van der Waals surface area (Å²) in [5.41, 5.74) is 1.14. The Bertz CT molecular complexity index is 777. The van der Waals surface area contributed by atoms with Crippen LogP contribution >= 0.6 is 0 Å². The average Bonchev–Trinajstić information content (AvgIpc) is 3.29. The van der Waals surface area contributed by atoms with E-state index in [2.05, 4.69) is 22.1 Å². The molecule has 0 aliphatic carbocycles. The van der Waals surface area contributed by atoms with Crippen LogP contribution in [0.5, 0.6) is 0 Å². The summed E-state index contributed by atoms with van der Waals surface area (Å²) in [6.45, 7) is 3.47. The minimum atomic E-state index is -0.508. The molecule has 2 unspecified atom stereocenters. The van der Waals surface area contributed by atoms with E-state index >= 15 is 0 Å². The number of nitro groups is 1. The Morgan fingerprint density at radius 1 is 1.16 bits per heavy atom. The number of para-hydroxylation sites is 1. The van der Waals surface area contributed by atoms with Gasteiger partial charge in [0, 0.05) is 43.7 Å². The number of carbonyl (C=O) groups is 1. The van der Waals surface area contributed by atoms with E-state index < -0.39 is 4.92 Å². The van der Waals surface area contributed by atoms with Gasteiger partial charge in [-0.25, -0.2) is 0 Å². The van der Waals surface area contributed by atoms with Crippen LogP contribution < -0.4 is 4.90 Å². The van der Waals surface area contributed by atoms with Crippen molar-refractivity contribution in [2.24, 2.45) is 11.8 Å². The molecule has 25 heavy (non-hydrogen) atoms. The number of hydrogen-bond donors (Lipinski definition) is 0. The van der Waals surface area contributed by atoms with Crippen molar-refractivity contribution in [3.63, 3.8) is 0 Å². The van der Waals surface area contributed by atoms with E-state index in [9.17, 15) is 14.9 Å². The fourth-order valence-corrected chi connectivity index (χ4v) is 3.82. The number of aromatic nitrogens is 2. The zero-order valence-corrected chi connectivity index (χ0v) is 13.7. The molecule has 0 radical (unpaired) electrons. The van der Waals surface area contributed by atoms with E-state index in [-0.39, 0.29) is 18.1 Å². The van der Waals surface area contributed by atoms with E-state index in [0.717, 1.165) is 26.2 Å². The molecule has 2 atom stereocenters. The van der Waals surface area contributed by atoms with Gasteiger partial charge >= 0.3 is 5.69 Å². The van der Waals surface area contributed by atoms with Crippen LogP contribution in [0, 0.1) is 22.0 Å². The van der Waals surface area contributed by atoms with E-state index in [1.54, 1.807) is 0 Å². The maximum atomic E-state index is 12.5. The van der Waals surface area contributed by atoms with Gasteiger partial charge in [-0.3, -0.25) is 19.6 Å². The van der Waals surface area contributed by atoms with Crippen molar-refractivity contribution in [2.75, 3.05) is 31.1 Å². The molecular weight excluding hydrogens is 322 g/mol. The highest BCUT2D eigenvalue weighted by Crippen LogP contribution is 2.33. The van der Waals surface area contributed by atoms with Crippen LogP contribution in [0.2, 0.25) is 0 Å². The summed E-state index contributed by atoms with van der Waals surface area (Å²) in [6, 6.07) is 10.3. The van der Waals surface area contributed by atoms with E-state index in [4.69, 9.17) is 0 Å². The summed E-state index contributed by atoms with van der Waals surface area (Å²) < 4.78 is 1.34. The first-order chi connectivity index (χ1) is 12.1. The standard InChI is InChI=1S/C17H19N5O3/c23-17(12-21-11-16(6-18-21)22(24)25)20-9-13-7-19(8-14(13)10-20)15-4-2-1-3-5-15/h1-6,11,13-14H,7-10,12H2. The molecule has 2 aliphatic heterocycles. The Kier molecular flexibility index (Phi) is 3.87. The van der Waals surface area contributed by atoms with Crippen LogP contribution in [0.25, 0.3) is 0 Å². The molecule has 1 aromatic heterocycles. The maximum Gasteiger partial charge on any atom is 0.307 e. The minimum Gasteiger partial charge on any atom is -0.371 e. The number of fused-ring (bicyclic) bond motifs is 1. The van der Waals surface area contributed by atoms with Gasteiger partial charge in [0.05, 0.1) is 4.92 Å². The Balaban J connectivity index is 1.34. The molecule has 0 spiro atoms. The van der Waals surface area contributed by atoms with Crippen LogP contribution in [0.4, 0.5) is 11.4 Å². The third-order valence-electron chi connectivity index (χ3n) is 5.09. The Hall–Kier alpha value is -2.90. The molecule has 8 nitrogen and oxygen atoms in total. The first kappa shape index (κ1) is 15.6. The van der Waals surface area contributed by atoms with Crippen molar-refractivity contribution in [1.82, 2.24) is 14.7 Å². The Labute approximate surface area is 144 Å². The summed E-state index contributed by atoms with van der Waals surface area (Å²) in [7, 11) is 0. The second-order valence-corrected chi connectivity index (χ2v) is 6.71. The normalized spacial score (nSPS) is 22.2. The molecule has 1 aromatic carbocycles. The summed E-state index contributed by atoms with van der Waals surface area (Å²) in [5, 5.41) is 14.6. The monoisotopic (exact) mass is 341 g/mol. The molecule has 2 saturated heterocycles. The number of anilines is 1. The molecule has 8 heteroatoms. The molecule has 0 saturated carbocycles. The van der Waals surface area contributed by atoms with Crippen LogP contribution in [0.1, 0.15) is 0 Å². The van der Waals surface area contributed by atoms with Gasteiger partial charge in [-0.15, -0.1) is 0 Å². The number of amides is 1. The van der Waals surface area contributed by atoms with Crippen molar-refractivity contribution >= 4 is 17.3 Å². The van der Waals surface area contributed by atoms with Gasteiger partial charge in [-0.1, -0.05) is 18.2 Å². The second-order valence-electron chi connectivity index (χ2n) is 6.71. The fraction of sp³-hybridized carbons (Fsp3) is 0.412. The van der Waals surface area contributed by atoms with Crippen LogP contribution in [-0.4, -0.2) is 51.7 Å². The number of nitrogens with zero attached hydrogens (tertiary/aromatic N) is 5. The number of carbonyl (C=O) groups excluding carboxylic acids is 1. The lowest BCUT2D eigenvalue weighted by molar-refractivity contribution is -0.385. The minimum absolute atomic E-state index is 0.0290. The lowest BCUT2D eigenvalue weighted by atomic mass is 10.0. The van der Waals surface area contributed by atoms with Gasteiger partial charge < -0.3 is 9.80 Å². The average molecular weight is 341 g/mol. The van der Waals surface area contributed by atoms with Crippen LogP contribution in [0.15, 0.2) is 42.7 Å². The van der Waals surface area contributed by atoms with Crippen molar-refractivity contribution in [2.45, 2.75) is 6.54 Å². The predicted molar refractivity (Wildman–Crippen MR) is 91.1 cm³/mol. The fourth-order valence-electron chi connectivity index (χ4n) is 3.82. The number of likely N-dealkylation sites (tertiary alicyclic amines) is 1. The number of rotatable bonds is 4. The molecule has 2 aromatic rings. The summed E-state index contributed by atoms with van der Waals surface area (Å²) in [5.74, 6) is 0.936. The van der Waals surface area contributed by atoms with Gasteiger partial charge in [0.2, 0.25) is 5.91 Å². The van der Waals surface area contributed by atoms with Gasteiger partial charge in [-0.05, 0) is 12.1 Å². The van der Waals surface area contributed by atoms with Crippen molar-refractivity contribution < 1.29 is 9.72 Å². The summed E-state index contributed by atoms with van der Waals surface area (Å²) in [6.07, 6.45) is 2.47. The largest absolute Gasteiger partial charge is 0.371 e. The molecule has 2 fully saturated rings. The number of hydrogen-bond acceptors (Lipinski definition) is 5. The van der Waals surface area contributed by atoms with Gasteiger partial charge in [0.25, 0.3) is 0 Å². The maximum absolute atomic E-state index is 12.5. The van der Waals surface area contributed by atoms with Crippen LogP contribution in [-0.2, 0) is 11.3 Å². The Morgan fingerprint density at radius 2 is 1.84 bits per heavy atom. The smallest absolute Gasteiger partial charge is 0.307 e. The second kappa shape index (κ2) is 6.19. The predicted octanol–water partition coefficient (Wildman–Crippen LogP) is 1.39. The van der Waals surface area contributed by atoms with Gasteiger partial charge in [0.15, 0.2) is 0 Å². The molecule has 3 heterocycles. The summed E-state index contributed by atoms with van der Waals surface area (Å²) in [4.78, 5) is 26.9. The summed E-state index contributed by atoms with van der Waals surface area (Å²) >= 11 is 0. The molecule has 0 N–H and O–H groups in total. The third-order valence-corrected chi connectivity index (χ3v) is 5.09. The highest BCUT2D eigenvalue weighted by molar-refractivity contribution is 5.76. The van der Waals surface area contributed by atoms with Crippen molar-refractivity contribution in [3.05, 3.63) is 52.8 Å². The van der Waals surface area contributed by atoms with E-state index in [1.165, 1.54) is 22.8 Å². The molecule has 2 aliphatic rings. The third kappa shape index (κ3) is 3.07. The molecule has 4 rings (SSSR count). The zero-order valence-electron chi connectivity index (χ0n) is 13.7. The van der Waals surface area contributed by atoms with Crippen molar-refractivity contribution in [1.29, 1.82) is 0 Å². The highest BCUT2D eigenvalue weighted by atomic mass is 16.6. The van der Waals surface area contributed by atoms with E-state index in [1.807, 2.05) is 23.1 Å². The lowest BCUT2D eigenvalue weighted by Gasteiger charge is -2.23. The SMILES string of the molecule is O=C(Cn1cc([N+](=O)[O-])cn1)N1CC2CN(c3ccccc3)CC2C1. The topological polar surface area (TPSA) is 84.5 Å². The molecule has 1 amide bonds. The molecular formula is C17H19N5O3. The van der Waals surface area contributed by atoms with Gasteiger partial charge in [0.1, 0.15) is 18.9 Å². The first-order valence-corrected chi connectivity index (χ1v) is 8.35. The van der Waals surface area contributed by atoms with Crippen molar-refractivity contribution in [3.8, 4) is 0 Å². The van der Waals surface area contributed by atoms with E-state index in [0.29, 0.717) is 11.8 Å². The quantitative estimate of drug-likeness (QED) is 0.620. The highest BCUT2D eigenvalue weighted by Gasteiger charge is 2.41. The zero-order chi connectivity index (χ0) is 17.4.